The number of benzene rings is 2. The van der Waals surface area contributed by atoms with Crippen LogP contribution in [-0.4, -0.2) is 17.1 Å². The van der Waals surface area contributed by atoms with Gasteiger partial charge in [0.1, 0.15) is 0 Å². The third-order valence-electron chi connectivity index (χ3n) is 3.64. The molecule has 1 aromatic heterocycles. The topological polar surface area (TPSA) is 67.0 Å². The Hall–Kier alpha value is -2.89. The molecule has 2 aromatic carbocycles. The smallest absolute Gasteiger partial charge is 0.260 e. The van der Waals surface area contributed by atoms with Gasteiger partial charge in [-0.25, -0.2) is 9.37 Å². The van der Waals surface area contributed by atoms with Gasteiger partial charge in [0.2, 0.25) is 5.95 Å². The number of fused-ring (bicyclic) bond motifs is 1. The second-order valence-corrected chi connectivity index (χ2v) is 5.19. The highest BCUT2D eigenvalue weighted by Gasteiger charge is 2.11. The van der Waals surface area contributed by atoms with Crippen LogP contribution in [0.15, 0.2) is 47.3 Å². The molecule has 0 amide bonds. The molecule has 1 heterocycles. The number of nitrogens with zero attached hydrogens (tertiary/aromatic N) is 1. The van der Waals surface area contributed by atoms with Crippen LogP contribution in [-0.2, 0) is 0 Å². The lowest BCUT2D eigenvalue weighted by Gasteiger charge is -2.15. The third kappa shape index (κ3) is 3.01. The van der Waals surface area contributed by atoms with Gasteiger partial charge in [0, 0.05) is 0 Å². The summed E-state index contributed by atoms with van der Waals surface area (Å²) >= 11 is 0. The van der Waals surface area contributed by atoms with E-state index >= 15 is 0 Å². The van der Waals surface area contributed by atoms with Crippen molar-refractivity contribution in [2.45, 2.75) is 13.0 Å². The van der Waals surface area contributed by atoms with Gasteiger partial charge in [-0.3, -0.25) is 9.78 Å². The van der Waals surface area contributed by atoms with Gasteiger partial charge in [0.05, 0.1) is 24.1 Å². The highest BCUT2D eigenvalue weighted by molar-refractivity contribution is 5.78. The van der Waals surface area contributed by atoms with E-state index in [0.717, 1.165) is 5.56 Å². The van der Waals surface area contributed by atoms with Crippen LogP contribution in [0.2, 0.25) is 0 Å². The molecule has 118 valence electrons. The summed E-state index contributed by atoms with van der Waals surface area (Å²) in [6, 6.07) is 11.6. The molecule has 0 saturated carbocycles. The van der Waals surface area contributed by atoms with Crippen molar-refractivity contribution in [3.8, 4) is 5.75 Å². The quantitative estimate of drug-likeness (QED) is 0.776. The molecule has 0 spiro atoms. The van der Waals surface area contributed by atoms with Crippen molar-refractivity contribution >= 4 is 16.9 Å². The Morgan fingerprint density at radius 2 is 2.04 bits per heavy atom. The molecular formula is C17H16FN3O2. The lowest BCUT2D eigenvalue weighted by atomic mass is 10.1. The fourth-order valence-corrected chi connectivity index (χ4v) is 2.40. The van der Waals surface area contributed by atoms with Crippen LogP contribution in [0, 0.1) is 5.82 Å². The average molecular weight is 313 g/mol. The number of ether oxygens (including phenoxy) is 1. The Labute approximate surface area is 132 Å². The van der Waals surface area contributed by atoms with Crippen molar-refractivity contribution in [1.82, 2.24) is 9.97 Å². The third-order valence-corrected chi connectivity index (χ3v) is 3.64. The first-order valence-electron chi connectivity index (χ1n) is 7.17. The molecule has 1 atom stereocenters. The van der Waals surface area contributed by atoms with Gasteiger partial charge in [0.15, 0.2) is 11.6 Å². The summed E-state index contributed by atoms with van der Waals surface area (Å²) in [6.45, 7) is 1.86. The van der Waals surface area contributed by atoms with E-state index in [1.807, 2.05) is 13.0 Å². The summed E-state index contributed by atoms with van der Waals surface area (Å²) in [6.07, 6.45) is 0. The highest BCUT2D eigenvalue weighted by atomic mass is 19.1. The Bertz CT molecular complexity index is 908. The van der Waals surface area contributed by atoms with Crippen LogP contribution in [0.25, 0.3) is 10.9 Å². The maximum Gasteiger partial charge on any atom is 0.260 e. The number of hydrogen-bond acceptors (Lipinski definition) is 4. The zero-order valence-corrected chi connectivity index (χ0v) is 12.8. The van der Waals surface area contributed by atoms with E-state index in [-0.39, 0.29) is 17.4 Å². The Morgan fingerprint density at radius 3 is 2.78 bits per heavy atom. The van der Waals surface area contributed by atoms with Gasteiger partial charge < -0.3 is 10.1 Å². The molecule has 23 heavy (non-hydrogen) atoms. The number of para-hydroxylation sites is 1. The second kappa shape index (κ2) is 6.08. The van der Waals surface area contributed by atoms with E-state index in [2.05, 4.69) is 15.3 Å². The number of methoxy groups -OCH3 is 1. The minimum absolute atomic E-state index is 0.193. The predicted molar refractivity (Wildman–Crippen MR) is 87.4 cm³/mol. The molecular weight excluding hydrogens is 297 g/mol. The molecule has 2 N–H and O–H groups in total. The molecule has 6 heteroatoms. The summed E-state index contributed by atoms with van der Waals surface area (Å²) < 4.78 is 18.7. The molecule has 0 bridgehead atoms. The zero-order chi connectivity index (χ0) is 16.4. The van der Waals surface area contributed by atoms with Gasteiger partial charge in [-0.2, -0.15) is 0 Å². The first-order chi connectivity index (χ1) is 11.1. The number of aromatic amines is 1. The second-order valence-electron chi connectivity index (χ2n) is 5.19. The summed E-state index contributed by atoms with van der Waals surface area (Å²) in [7, 11) is 1.42. The van der Waals surface area contributed by atoms with E-state index < -0.39 is 5.82 Å². The number of nitrogens with one attached hydrogen (secondary N) is 2. The van der Waals surface area contributed by atoms with E-state index in [0.29, 0.717) is 16.9 Å². The molecule has 3 aromatic rings. The minimum Gasteiger partial charge on any atom is -0.494 e. The van der Waals surface area contributed by atoms with Gasteiger partial charge in [0.25, 0.3) is 5.56 Å². The maximum absolute atomic E-state index is 13.8. The van der Waals surface area contributed by atoms with Crippen LogP contribution in [0.3, 0.4) is 0 Å². The molecule has 0 aliphatic heterocycles. The zero-order valence-electron chi connectivity index (χ0n) is 12.8. The number of halogens is 1. The van der Waals surface area contributed by atoms with Crippen molar-refractivity contribution in [2.24, 2.45) is 0 Å². The van der Waals surface area contributed by atoms with Gasteiger partial charge in [-0.05, 0) is 36.8 Å². The van der Waals surface area contributed by atoms with Crippen molar-refractivity contribution < 1.29 is 9.13 Å². The summed E-state index contributed by atoms with van der Waals surface area (Å²) in [5.74, 6) is 0.106. The number of H-pyrrole nitrogens is 1. The van der Waals surface area contributed by atoms with Crippen LogP contribution in [0.5, 0.6) is 5.75 Å². The fraction of sp³-hybridized carbons (Fsp3) is 0.176. The molecule has 5 nitrogen and oxygen atoms in total. The average Bonchev–Trinajstić information content (AvgIpc) is 2.54. The number of aromatic nitrogens is 2. The molecule has 0 aliphatic carbocycles. The number of rotatable bonds is 4. The van der Waals surface area contributed by atoms with Gasteiger partial charge in [-0.15, -0.1) is 0 Å². The number of hydrogen-bond donors (Lipinski definition) is 2. The van der Waals surface area contributed by atoms with Crippen LogP contribution < -0.4 is 15.6 Å². The SMILES string of the molecule is COc1ccc(C(C)Nc2nc3ccccc3c(=O)[nH]2)cc1F. The highest BCUT2D eigenvalue weighted by Crippen LogP contribution is 2.23. The largest absolute Gasteiger partial charge is 0.494 e. The molecule has 0 radical (unpaired) electrons. The lowest BCUT2D eigenvalue weighted by molar-refractivity contribution is 0.386. The Balaban J connectivity index is 1.89. The summed E-state index contributed by atoms with van der Waals surface area (Å²) in [5, 5.41) is 3.61. The first kappa shape index (κ1) is 15.0. The minimum atomic E-state index is -0.432. The molecule has 0 fully saturated rings. The standard InChI is InChI=1S/C17H16FN3O2/c1-10(11-7-8-15(23-2)13(18)9-11)19-17-20-14-6-4-3-5-12(14)16(22)21-17/h3-10H,1-2H3,(H2,19,20,21,22). The summed E-state index contributed by atoms with van der Waals surface area (Å²) in [4.78, 5) is 19.1. The van der Waals surface area contributed by atoms with Crippen LogP contribution >= 0.6 is 0 Å². The van der Waals surface area contributed by atoms with E-state index in [4.69, 9.17) is 4.74 Å². The Kier molecular flexibility index (Phi) is 3.97. The van der Waals surface area contributed by atoms with Crippen LogP contribution in [0.1, 0.15) is 18.5 Å². The molecule has 1 unspecified atom stereocenters. The van der Waals surface area contributed by atoms with E-state index in [1.165, 1.54) is 13.2 Å². The number of anilines is 1. The van der Waals surface area contributed by atoms with Crippen LogP contribution in [0.4, 0.5) is 10.3 Å². The van der Waals surface area contributed by atoms with Crippen molar-refractivity contribution in [1.29, 1.82) is 0 Å². The predicted octanol–water partition coefficient (Wildman–Crippen LogP) is 3.24. The summed E-state index contributed by atoms with van der Waals surface area (Å²) in [5.41, 5.74) is 1.11. The molecule has 0 aliphatic rings. The van der Waals surface area contributed by atoms with Gasteiger partial charge in [-0.1, -0.05) is 18.2 Å². The lowest BCUT2D eigenvalue weighted by Crippen LogP contribution is -2.15. The Morgan fingerprint density at radius 1 is 1.26 bits per heavy atom. The van der Waals surface area contributed by atoms with E-state index in [9.17, 15) is 9.18 Å². The van der Waals surface area contributed by atoms with Crippen molar-refractivity contribution in [2.75, 3.05) is 12.4 Å². The van der Waals surface area contributed by atoms with E-state index in [1.54, 1.807) is 30.3 Å². The maximum atomic E-state index is 13.8. The first-order valence-corrected chi connectivity index (χ1v) is 7.17. The molecule has 3 rings (SSSR count). The monoisotopic (exact) mass is 313 g/mol. The normalized spacial score (nSPS) is 12.1. The molecule has 0 saturated heterocycles. The van der Waals surface area contributed by atoms with Crippen molar-refractivity contribution in [3.63, 3.8) is 0 Å². The fourth-order valence-electron chi connectivity index (χ4n) is 2.40. The van der Waals surface area contributed by atoms with Crippen molar-refractivity contribution in [3.05, 3.63) is 64.2 Å². The van der Waals surface area contributed by atoms with Gasteiger partial charge >= 0.3 is 0 Å².